The average Bonchev–Trinajstić information content (AvgIpc) is 2.19. The third-order valence-electron chi connectivity index (χ3n) is 2.33. The molecule has 0 aliphatic rings. The first-order valence-electron chi connectivity index (χ1n) is 6.00. The van der Waals surface area contributed by atoms with E-state index in [-0.39, 0.29) is 5.92 Å². The van der Waals surface area contributed by atoms with Crippen LogP contribution < -0.4 is 5.32 Å². The Balaban J connectivity index is 4.49. The van der Waals surface area contributed by atoms with Gasteiger partial charge in [0.1, 0.15) is 11.6 Å². The minimum absolute atomic E-state index is 0.187. The van der Waals surface area contributed by atoms with Crippen molar-refractivity contribution in [2.24, 2.45) is 5.92 Å². The van der Waals surface area contributed by atoms with Crippen LogP contribution in [0.1, 0.15) is 40.5 Å². The van der Waals surface area contributed by atoms with Gasteiger partial charge in [0.25, 0.3) is 0 Å². The number of carboxylic acid groups (broad SMARTS) is 1. The third-order valence-corrected chi connectivity index (χ3v) is 2.33. The Kier molecular flexibility index (Phi) is 6.44. The van der Waals surface area contributed by atoms with Gasteiger partial charge in [-0.3, -0.25) is 0 Å². The van der Waals surface area contributed by atoms with Crippen molar-refractivity contribution in [3.8, 4) is 0 Å². The summed E-state index contributed by atoms with van der Waals surface area (Å²) < 4.78 is 5.04. The molecule has 0 aromatic heterocycles. The highest BCUT2D eigenvalue weighted by atomic mass is 16.6. The zero-order chi connectivity index (χ0) is 14.3. The summed E-state index contributed by atoms with van der Waals surface area (Å²) >= 11 is 0. The van der Waals surface area contributed by atoms with Crippen molar-refractivity contribution in [1.29, 1.82) is 0 Å². The summed E-state index contributed by atoms with van der Waals surface area (Å²) in [6.07, 6.45) is 2.38. The number of ether oxygens (including phenoxy) is 1. The second kappa shape index (κ2) is 7.03. The highest BCUT2D eigenvalue weighted by Crippen LogP contribution is 2.13. The fourth-order valence-corrected chi connectivity index (χ4v) is 1.43. The Hall–Kier alpha value is -1.52. The Morgan fingerprint density at radius 3 is 2.39 bits per heavy atom. The van der Waals surface area contributed by atoms with Crippen LogP contribution in [0.4, 0.5) is 4.79 Å². The van der Waals surface area contributed by atoms with Gasteiger partial charge in [-0.15, -0.1) is 6.58 Å². The van der Waals surface area contributed by atoms with E-state index in [1.54, 1.807) is 33.8 Å². The molecule has 5 heteroatoms. The molecular formula is C13H23NO4. The maximum Gasteiger partial charge on any atom is 0.408 e. The number of amides is 1. The summed E-state index contributed by atoms with van der Waals surface area (Å²) in [7, 11) is 0. The predicted octanol–water partition coefficient (Wildman–Crippen LogP) is 2.57. The number of carboxylic acids is 1. The molecule has 18 heavy (non-hydrogen) atoms. The van der Waals surface area contributed by atoms with Gasteiger partial charge >= 0.3 is 12.1 Å². The maximum absolute atomic E-state index is 11.5. The van der Waals surface area contributed by atoms with Crippen molar-refractivity contribution in [3.05, 3.63) is 12.7 Å². The van der Waals surface area contributed by atoms with Gasteiger partial charge in [0.05, 0.1) is 0 Å². The van der Waals surface area contributed by atoms with Crippen molar-refractivity contribution >= 4 is 12.1 Å². The zero-order valence-corrected chi connectivity index (χ0v) is 11.5. The number of carbonyl (C=O) groups is 2. The van der Waals surface area contributed by atoms with Crippen LogP contribution >= 0.6 is 0 Å². The maximum atomic E-state index is 11.5. The number of hydrogen-bond acceptors (Lipinski definition) is 3. The Morgan fingerprint density at radius 1 is 1.44 bits per heavy atom. The van der Waals surface area contributed by atoms with Crippen molar-refractivity contribution in [3.63, 3.8) is 0 Å². The summed E-state index contributed by atoms with van der Waals surface area (Å²) in [4.78, 5) is 22.6. The largest absolute Gasteiger partial charge is 0.480 e. The van der Waals surface area contributed by atoms with E-state index in [4.69, 9.17) is 9.84 Å². The van der Waals surface area contributed by atoms with Crippen molar-refractivity contribution in [2.45, 2.75) is 52.2 Å². The lowest BCUT2D eigenvalue weighted by molar-refractivity contribution is -0.140. The fourth-order valence-electron chi connectivity index (χ4n) is 1.43. The Labute approximate surface area is 108 Å². The molecule has 0 saturated heterocycles. The van der Waals surface area contributed by atoms with Crippen LogP contribution in [0.3, 0.4) is 0 Å². The molecule has 0 aromatic carbocycles. The van der Waals surface area contributed by atoms with Crippen LogP contribution in [0.5, 0.6) is 0 Å². The molecule has 0 aliphatic heterocycles. The standard InChI is InChI=1S/C13H23NO4/c1-6-7-8-9(2)10(11(15)16)14-12(17)18-13(3,4)5/h6,9-10H,1,7-8H2,2-5H3,(H,14,17)(H,15,16)/t9?,10-/m0/s1. The van der Waals surface area contributed by atoms with Gasteiger partial charge in [0.15, 0.2) is 0 Å². The van der Waals surface area contributed by atoms with E-state index in [2.05, 4.69) is 11.9 Å². The number of allylic oxidation sites excluding steroid dienone is 1. The second-order valence-electron chi connectivity index (χ2n) is 5.31. The number of aliphatic carboxylic acids is 1. The van der Waals surface area contributed by atoms with Crippen LogP contribution in [0.2, 0.25) is 0 Å². The minimum atomic E-state index is -1.06. The molecule has 0 aromatic rings. The van der Waals surface area contributed by atoms with Crippen LogP contribution in [-0.4, -0.2) is 28.8 Å². The predicted molar refractivity (Wildman–Crippen MR) is 69.4 cm³/mol. The summed E-state index contributed by atoms with van der Waals surface area (Å²) in [5.41, 5.74) is -0.641. The third kappa shape index (κ3) is 6.93. The molecule has 0 bridgehead atoms. The molecule has 0 rings (SSSR count). The summed E-state index contributed by atoms with van der Waals surface area (Å²) in [5, 5.41) is 11.5. The average molecular weight is 257 g/mol. The van der Waals surface area contributed by atoms with E-state index in [0.717, 1.165) is 0 Å². The first-order chi connectivity index (χ1) is 8.17. The van der Waals surface area contributed by atoms with Crippen molar-refractivity contribution < 1.29 is 19.4 Å². The van der Waals surface area contributed by atoms with Gasteiger partial charge in [-0.25, -0.2) is 9.59 Å². The lowest BCUT2D eigenvalue weighted by Gasteiger charge is -2.24. The van der Waals surface area contributed by atoms with Crippen LogP contribution in [0.25, 0.3) is 0 Å². The van der Waals surface area contributed by atoms with Gasteiger partial charge in [0, 0.05) is 0 Å². The molecular weight excluding hydrogens is 234 g/mol. The number of nitrogens with one attached hydrogen (secondary N) is 1. The van der Waals surface area contributed by atoms with E-state index < -0.39 is 23.7 Å². The summed E-state index contributed by atoms with van der Waals surface area (Å²) in [6.45, 7) is 10.5. The molecule has 0 fully saturated rings. The molecule has 5 nitrogen and oxygen atoms in total. The van der Waals surface area contributed by atoms with E-state index in [0.29, 0.717) is 12.8 Å². The summed E-state index contributed by atoms with van der Waals surface area (Å²) in [6, 6.07) is -0.945. The monoisotopic (exact) mass is 257 g/mol. The van der Waals surface area contributed by atoms with Gasteiger partial charge in [-0.2, -0.15) is 0 Å². The Bertz CT molecular complexity index is 307. The lowest BCUT2D eigenvalue weighted by Crippen LogP contribution is -2.47. The molecule has 2 N–H and O–H groups in total. The van der Waals surface area contributed by atoms with Gasteiger partial charge in [0.2, 0.25) is 0 Å². The lowest BCUT2D eigenvalue weighted by atomic mass is 9.97. The van der Waals surface area contributed by atoms with Gasteiger partial charge < -0.3 is 15.2 Å². The van der Waals surface area contributed by atoms with E-state index in [1.165, 1.54) is 0 Å². The first kappa shape index (κ1) is 16.5. The summed E-state index contributed by atoms with van der Waals surface area (Å²) in [5.74, 6) is -1.24. The van der Waals surface area contributed by atoms with E-state index >= 15 is 0 Å². The first-order valence-corrected chi connectivity index (χ1v) is 6.00. The number of rotatable bonds is 6. The molecule has 0 heterocycles. The minimum Gasteiger partial charge on any atom is -0.480 e. The topological polar surface area (TPSA) is 75.6 Å². The van der Waals surface area contributed by atoms with Crippen LogP contribution in [0.15, 0.2) is 12.7 Å². The molecule has 2 atom stereocenters. The smallest absolute Gasteiger partial charge is 0.408 e. The quantitative estimate of drug-likeness (QED) is 0.717. The van der Waals surface area contributed by atoms with Gasteiger partial charge in [-0.1, -0.05) is 13.0 Å². The van der Waals surface area contributed by atoms with Crippen LogP contribution in [-0.2, 0) is 9.53 Å². The van der Waals surface area contributed by atoms with E-state index in [9.17, 15) is 9.59 Å². The molecule has 1 unspecified atom stereocenters. The van der Waals surface area contributed by atoms with Crippen molar-refractivity contribution in [1.82, 2.24) is 5.32 Å². The fraction of sp³-hybridized carbons (Fsp3) is 0.692. The van der Waals surface area contributed by atoms with Crippen molar-refractivity contribution in [2.75, 3.05) is 0 Å². The highest BCUT2D eigenvalue weighted by Gasteiger charge is 2.28. The second-order valence-corrected chi connectivity index (χ2v) is 5.31. The molecule has 0 radical (unpaired) electrons. The Morgan fingerprint density at radius 2 is 2.00 bits per heavy atom. The number of hydrogen-bond donors (Lipinski definition) is 2. The number of carbonyl (C=O) groups excluding carboxylic acids is 1. The zero-order valence-electron chi connectivity index (χ0n) is 11.5. The van der Waals surface area contributed by atoms with Crippen LogP contribution in [0, 0.1) is 5.92 Å². The highest BCUT2D eigenvalue weighted by molar-refractivity contribution is 5.80. The number of alkyl carbamates (subject to hydrolysis) is 1. The van der Waals surface area contributed by atoms with Gasteiger partial charge in [-0.05, 0) is 39.5 Å². The normalized spacial score (nSPS) is 14.4. The molecule has 104 valence electrons. The van der Waals surface area contributed by atoms with E-state index in [1.807, 2.05) is 0 Å². The SMILES string of the molecule is C=CCCC(C)[C@H](NC(=O)OC(C)(C)C)C(=O)O. The molecule has 1 amide bonds. The molecule has 0 aliphatic carbocycles. The molecule has 0 spiro atoms. The molecule has 0 saturated carbocycles.